The highest BCUT2D eigenvalue weighted by Gasteiger charge is 2.29. The maximum Gasteiger partial charge on any atom is 0.179 e. The molecular weight excluding hydrogens is 282 g/mol. The summed E-state index contributed by atoms with van der Waals surface area (Å²) in [6.07, 6.45) is 3.24. The molecule has 0 aliphatic carbocycles. The summed E-state index contributed by atoms with van der Waals surface area (Å²) in [7, 11) is 4.22. The molecule has 1 fully saturated rings. The summed E-state index contributed by atoms with van der Waals surface area (Å²) >= 11 is 5.63. The van der Waals surface area contributed by atoms with Gasteiger partial charge in [0.05, 0.1) is 5.69 Å². The lowest BCUT2D eigenvalue weighted by atomic mass is 9.94. The van der Waals surface area contributed by atoms with Crippen LogP contribution < -0.4 is 0 Å². The normalized spacial score (nSPS) is 24.0. The summed E-state index contributed by atoms with van der Waals surface area (Å²) in [5.41, 5.74) is 3.43. The van der Waals surface area contributed by atoms with E-state index >= 15 is 0 Å². The third-order valence-electron chi connectivity index (χ3n) is 4.65. The van der Waals surface area contributed by atoms with Gasteiger partial charge in [-0.25, -0.2) is 0 Å². The van der Waals surface area contributed by atoms with Crippen molar-refractivity contribution in [2.75, 3.05) is 20.1 Å². The minimum Gasteiger partial charge on any atom is -0.328 e. The Morgan fingerprint density at radius 2 is 2.14 bits per heavy atom. The average Bonchev–Trinajstić information content (AvgIpc) is 2.89. The van der Waals surface area contributed by atoms with Gasteiger partial charge in [0.2, 0.25) is 0 Å². The third-order valence-corrected chi connectivity index (χ3v) is 4.95. The minimum absolute atomic E-state index is 0.465. The van der Waals surface area contributed by atoms with Crippen LogP contribution in [-0.4, -0.2) is 44.4 Å². The molecule has 1 saturated heterocycles. The van der Waals surface area contributed by atoms with Crippen LogP contribution in [0.2, 0.25) is 0 Å². The molecule has 0 saturated carbocycles. The van der Waals surface area contributed by atoms with Crippen molar-refractivity contribution in [2.45, 2.75) is 39.2 Å². The SMILES string of the molecule is CCCc1nn(C)c2c1[nH]c(=S)n2C1CCN(C)CC1C. The molecule has 2 atom stereocenters. The molecule has 6 heteroatoms. The van der Waals surface area contributed by atoms with Crippen molar-refractivity contribution in [2.24, 2.45) is 13.0 Å². The lowest BCUT2D eigenvalue weighted by Crippen LogP contribution is -2.38. The predicted octanol–water partition coefficient (Wildman–Crippen LogP) is 2.90. The number of nitrogens with zero attached hydrogens (tertiary/aromatic N) is 4. The average molecular weight is 307 g/mol. The molecule has 1 aliphatic rings. The number of likely N-dealkylation sites (tertiary alicyclic amines) is 1. The van der Waals surface area contributed by atoms with Gasteiger partial charge in [-0.2, -0.15) is 5.10 Å². The van der Waals surface area contributed by atoms with Crippen molar-refractivity contribution >= 4 is 23.4 Å². The summed E-state index contributed by atoms with van der Waals surface area (Å²) in [6, 6.07) is 0.465. The van der Waals surface area contributed by atoms with E-state index in [2.05, 4.69) is 40.4 Å². The lowest BCUT2D eigenvalue weighted by Gasteiger charge is -2.35. The largest absolute Gasteiger partial charge is 0.328 e. The van der Waals surface area contributed by atoms with Crippen molar-refractivity contribution in [3.05, 3.63) is 10.5 Å². The van der Waals surface area contributed by atoms with Crippen LogP contribution in [-0.2, 0) is 13.5 Å². The molecule has 21 heavy (non-hydrogen) atoms. The summed E-state index contributed by atoms with van der Waals surface area (Å²) in [5, 5.41) is 4.68. The van der Waals surface area contributed by atoms with Gasteiger partial charge in [-0.3, -0.25) is 9.25 Å². The molecular formula is C15H25N5S. The van der Waals surface area contributed by atoms with Crippen molar-refractivity contribution in [3.63, 3.8) is 0 Å². The molecule has 1 aliphatic heterocycles. The van der Waals surface area contributed by atoms with E-state index in [0.29, 0.717) is 12.0 Å². The minimum atomic E-state index is 0.465. The van der Waals surface area contributed by atoms with Crippen LogP contribution in [0.15, 0.2) is 0 Å². The monoisotopic (exact) mass is 307 g/mol. The van der Waals surface area contributed by atoms with Crippen LogP contribution in [0, 0.1) is 10.7 Å². The number of rotatable bonds is 3. The topological polar surface area (TPSA) is 41.8 Å². The summed E-state index contributed by atoms with van der Waals surface area (Å²) < 4.78 is 5.16. The Kier molecular flexibility index (Phi) is 3.92. The van der Waals surface area contributed by atoms with Crippen LogP contribution >= 0.6 is 12.2 Å². The number of aromatic nitrogens is 4. The van der Waals surface area contributed by atoms with E-state index in [0.717, 1.165) is 54.0 Å². The second-order valence-corrected chi connectivity index (χ2v) is 6.80. The van der Waals surface area contributed by atoms with Crippen molar-refractivity contribution in [1.82, 2.24) is 24.2 Å². The first-order chi connectivity index (χ1) is 10.0. The van der Waals surface area contributed by atoms with Gasteiger partial charge in [0.25, 0.3) is 0 Å². The van der Waals surface area contributed by atoms with Crippen LogP contribution in [0.4, 0.5) is 0 Å². The summed E-state index contributed by atoms with van der Waals surface area (Å²) in [6.45, 7) is 6.76. The van der Waals surface area contributed by atoms with Crippen LogP contribution in [0.3, 0.4) is 0 Å². The number of aromatic amines is 1. The van der Waals surface area contributed by atoms with Crippen LogP contribution in [0.25, 0.3) is 11.2 Å². The van der Waals surface area contributed by atoms with Crippen LogP contribution in [0.5, 0.6) is 0 Å². The van der Waals surface area contributed by atoms with E-state index in [1.807, 2.05) is 11.7 Å². The van der Waals surface area contributed by atoms with E-state index in [1.165, 1.54) is 0 Å². The van der Waals surface area contributed by atoms with Gasteiger partial charge < -0.3 is 9.88 Å². The first-order valence-corrected chi connectivity index (χ1v) is 8.28. The fourth-order valence-electron chi connectivity index (χ4n) is 3.68. The summed E-state index contributed by atoms with van der Waals surface area (Å²) in [5.74, 6) is 0.596. The Balaban J connectivity index is 2.10. The second kappa shape index (κ2) is 5.57. The molecule has 2 aromatic rings. The zero-order valence-corrected chi connectivity index (χ0v) is 14.2. The second-order valence-electron chi connectivity index (χ2n) is 6.41. The molecule has 0 amide bonds. The molecule has 3 rings (SSSR count). The zero-order chi connectivity index (χ0) is 15.1. The smallest absolute Gasteiger partial charge is 0.179 e. The number of imidazole rings is 1. The quantitative estimate of drug-likeness (QED) is 0.887. The first-order valence-electron chi connectivity index (χ1n) is 7.87. The van der Waals surface area contributed by atoms with Gasteiger partial charge >= 0.3 is 0 Å². The van der Waals surface area contributed by atoms with Gasteiger partial charge in [0.15, 0.2) is 10.4 Å². The van der Waals surface area contributed by atoms with Gasteiger partial charge in [0, 0.05) is 19.6 Å². The van der Waals surface area contributed by atoms with E-state index in [-0.39, 0.29) is 0 Å². The van der Waals surface area contributed by atoms with Gasteiger partial charge in [-0.1, -0.05) is 20.3 Å². The standard InChI is InChI=1S/C15H25N5S/c1-5-6-11-13-14(19(4)17-11)20(15(21)16-13)12-7-8-18(3)9-10(12)2/h10,12H,5-9H2,1-4H3,(H,16,21). The highest BCUT2D eigenvalue weighted by Crippen LogP contribution is 2.31. The van der Waals surface area contributed by atoms with E-state index in [1.54, 1.807) is 0 Å². The molecule has 0 radical (unpaired) electrons. The number of hydrogen-bond donors (Lipinski definition) is 1. The van der Waals surface area contributed by atoms with Crippen molar-refractivity contribution in [1.29, 1.82) is 0 Å². The molecule has 2 aromatic heterocycles. The molecule has 0 bridgehead atoms. The fraction of sp³-hybridized carbons (Fsp3) is 0.733. The van der Waals surface area contributed by atoms with Gasteiger partial charge in [-0.05, 0) is 44.6 Å². The number of nitrogens with one attached hydrogen (secondary N) is 1. The van der Waals surface area contributed by atoms with E-state index in [9.17, 15) is 0 Å². The molecule has 5 nitrogen and oxygen atoms in total. The number of aryl methyl sites for hydroxylation is 2. The lowest BCUT2D eigenvalue weighted by molar-refractivity contribution is 0.159. The Labute approximate surface area is 130 Å². The molecule has 0 spiro atoms. The maximum atomic E-state index is 5.63. The summed E-state index contributed by atoms with van der Waals surface area (Å²) in [4.78, 5) is 5.81. The highest BCUT2D eigenvalue weighted by molar-refractivity contribution is 7.71. The maximum absolute atomic E-state index is 5.63. The Bertz CT molecular complexity index is 695. The zero-order valence-electron chi connectivity index (χ0n) is 13.4. The molecule has 0 aromatic carbocycles. The molecule has 3 heterocycles. The number of piperidine rings is 1. The molecule has 2 unspecified atom stereocenters. The van der Waals surface area contributed by atoms with E-state index < -0.39 is 0 Å². The van der Waals surface area contributed by atoms with Gasteiger partial charge in [-0.15, -0.1) is 0 Å². The highest BCUT2D eigenvalue weighted by atomic mass is 32.1. The Hall–Kier alpha value is -1.14. The van der Waals surface area contributed by atoms with Crippen molar-refractivity contribution < 1.29 is 0 Å². The Morgan fingerprint density at radius 1 is 1.38 bits per heavy atom. The number of hydrogen-bond acceptors (Lipinski definition) is 3. The number of H-pyrrole nitrogens is 1. The molecule has 116 valence electrons. The fourth-order valence-corrected chi connectivity index (χ4v) is 4.01. The van der Waals surface area contributed by atoms with E-state index in [4.69, 9.17) is 12.2 Å². The third kappa shape index (κ3) is 2.44. The van der Waals surface area contributed by atoms with Crippen molar-refractivity contribution in [3.8, 4) is 0 Å². The molecule has 1 N–H and O–H groups in total. The Morgan fingerprint density at radius 3 is 2.81 bits per heavy atom. The van der Waals surface area contributed by atoms with Crippen LogP contribution in [0.1, 0.15) is 38.4 Å². The van der Waals surface area contributed by atoms with Gasteiger partial charge in [0.1, 0.15) is 5.52 Å². The first kappa shape index (κ1) is 14.8. The predicted molar refractivity (Wildman–Crippen MR) is 88.2 cm³/mol. The number of fused-ring (bicyclic) bond motifs is 1.